The van der Waals surface area contributed by atoms with Gasteiger partial charge in [0.2, 0.25) is 0 Å². The molecule has 5 nitrogen and oxygen atoms in total. The van der Waals surface area contributed by atoms with Crippen molar-refractivity contribution in [1.82, 2.24) is 4.90 Å². The number of nitrogens with zero attached hydrogens (tertiary/aromatic N) is 2. The first-order chi connectivity index (χ1) is 10.4. The number of oxime groups is 1. The third-order valence-electron chi connectivity index (χ3n) is 3.71. The van der Waals surface area contributed by atoms with Crippen LogP contribution in [0.4, 0.5) is 4.79 Å². The van der Waals surface area contributed by atoms with Crippen molar-refractivity contribution in [3.05, 3.63) is 35.9 Å². The van der Waals surface area contributed by atoms with Gasteiger partial charge in [0.05, 0.1) is 5.71 Å². The molecule has 0 bridgehead atoms. The summed E-state index contributed by atoms with van der Waals surface area (Å²) in [4.78, 5) is 13.8. The summed E-state index contributed by atoms with van der Waals surface area (Å²) in [7, 11) is 0. The molecule has 0 unspecified atom stereocenters. The van der Waals surface area contributed by atoms with Crippen molar-refractivity contribution in [2.24, 2.45) is 11.1 Å². The molecular formula is C17H24N2O3. The van der Waals surface area contributed by atoms with Gasteiger partial charge in [-0.15, -0.1) is 0 Å². The Morgan fingerprint density at radius 1 is 1.23 bits per heavy atom. The van der Waals surface area contributed by atoms with Gasteiger partial charge in [-0.05, 0) is 39.2 Å². The van der Waals surface area contributed by atoms with Crippen LogP contribution in [0, 0.1) is 5.92 Å². The Morgan fingerprint density at radius 2 is 1.82 bits per heavy atom. The molecule has 0 aromatic heterocycles. The average Bonchev–Trinajstić information content (AvgIpc) is 2.48. The Labute approximate surface area is 131 Å². The van der Waals surface area contributed by atoms with Crippen LogP contribution in [0.25, 0.3) is 0 Å². The van der Waals surface area contributed by atoms with Gasteiger partial charge in [-0.25, -0.2) is 4.79 Å². The highest BCUT2D eigenvalue weighted by Gasteiger charge is 2.29. The SMILES string of the molecule is CC(C)(C)OC(=O)N1CCC(/C(=N/O)c2ccccc2)CC1. The molecule has 0 atom stereocenters. The molecule has 1 heterocycles. The molecule has 1 fully saturated rings. The van der Waals surface area contributed by atoms with E-state index in [0.717, 1.165) is 18.4 Å². The number of amides is 1. The standard InChI is InChI=1S/C17H24N2O3/c1-17(2,3)22-16(20)19-11-9-14(10-12-19)15(18-21)13-7-5-4-6-8-13/h4-8,14,21H,9-12H2,1-3H3/b18-15+. The van der Waals surface area contributed by atoms with E-state index < -0.39 is 5.60 Å². The zero-order valence-electron chi connectivity index (χ0n) is 13.5. The maximum Gasteiger partial charge on any atom is 0.410 e. The third kappa shape index (κ3) is 4.23. The van der Waals surface area contributed by atoms with Crippen molar-refractivity contribution in [2.45, 2.75) is 39.2 Å². The first-order valence-corrected chi connectivity index (χ1v) is 7.66. The van der Waals surface area contributed by atoms with E-state index in [4.69, 9.17) is 4.74 Å². The maximum absolute atomic E-state index is 12.1. The number of carbonyl (C=O) groups excluding carboxylic acids is 1. The summed E-state index contributed by atoms with van der Waals surface area (Å²) in [5, 5.41) is 12.8. The van der Waals surface area contributed by atoms with Gasteiger partial charge in [-0.2, -0.15) is 0 Å². The smallest absolute Gasteiger partial charge is 0.410 e. The average molecular weight is 304 g/mol. The van der Waals surface area contributed by atoms with Crippen molar-refractivity contribution < 1.29 is 14.7 Å². The molecule has 0 saturated carbocycles. The fourth-order valence-corrected chi connectivity index (χ4v) is 2.65. The van der Waals surface area contributed by atoms with Crippen LogP contribution >= 0.6 is 0 Å². The molecule has 1 aromatic rings. The van der Waals surface area contributed by atoms with E-state index in [9.17, 15) is 10.0 Å². The molecule has 1 amide bonds. The topological polar surface area (TPSA) is 62.1 Å². The van der Waals surface area contributed by atoms with Crippen LogP contribution in [0.15, 0.2) is 35.5 Å². The monoisotopic (exact) mass is 304 g/mol. The first-order valence-electron chi connectivity index (χ1n) is 7.66. The van der Waals surface area contributed by atoms with Crippen LogP contribution in [0.3, 0.4) is 0 Å². The predicted molar refractivity (Wildman–Crippen MR) is 85.3 cm³/mol. The minimum absolute atomic E-state index is 0.158. The summed E-state index contributed by atoms with van der Waals surface area (Å²) in [6.07, 6.45) is 1.27. The first kappa shape index (κ1) is 16.3. The fourth-order valence-electron chi connectivity index (χ4n) is 2.65. The van der Waals surface area contributed by atoms with E-state index >= 15 is 0 Å². The fraction of sp³-hybridized carbons (Fsp3) is 0.529. The van der Waals surface area contributed by atoms with Crippen molar-refractivity contribution >= 4 is 11.8 Å². The summed E-state index contributed by atoms with van der Waals surface area (Å²) >= 11 is 0. The molecule has 1 aromatic carbocycles. The molecule has 0 radical (unpaired) electrons. The molecule has 1 N–H and O–H groups in total. The molecule has 1 saturated heterocycles. The Bertz CT molecular complexity index is 527. The Hall–Kier alpha value is -2.04. The van der Waals surface area contributed by atoms with Crippen molar-refractivity contribution in [3.8, 4) is 0 Å². The van der Waals surface area contributed by atoms with E-state index in [1.807, 2.05) is 51.1 Å². The van der Waals surface area contributed by atoms with E-state index in [0.29, 0.717) is 18.8 Å². The van der Waals surface area contributed by atoms with Crippen LogP contribution in [0.1, 0.15) is 39.2 Å². The lowest BCUT2D eigenvalue weighted by atomic mass is 9.88. The molecule has 0 spiro atoms. The van der Waals surface area contributed by atoms with Gasteiger partial charge in [0, 0.05) is 19.0 Å². The third-order valence-corrected chi connectivity index (χ3v) is 3.71. The second-order valence-electron chi connectivity index (χ2n) is 6.59. The van der Waals surface area contributed by atoms with Crippen LogP contribution < -0.4 is 0 Å². The maximum atomic E-state index is 12.1. The highest BCUT2D eigenvalue weighted by atomic mass is 16.6. The molecule has 1 aliphatic rings. The summed E-state index contributed by atoms with van der Waals surface area (Å²) in [5.74, 6) is 0.158. The molecule has 0 aliphatic carbocycles. The molecule has 22 heavy (non-hydrogen) atoms. The van der Waals surface area contributed by atoms with E-state index in [2.05, 4.69) is 5.16 Å². The van der Waals surface area contributed by atoms with Crippen molar-refractivity contribution in [3.63, 3.8) is 0 Å². The highest BCUT2D eigenvalue weighted by Crippen LogP contribution is 2.23. The normalized spacial score (nSPS) is 17.4. The van der Waals surface area contributed by atoms with E-state index in [-0.39, 0.29) is 12.0 Å². The summed E-state index contributed by atoms with van der Waals surface area (Å²) < 4.78 is 5.39. The zero-order valence-corrected chi connectivity index (χ0v) is 13.5. The number of hydrogen-bond donors (Lipinski definition) is 1. The number of hydrogen-bond acceptors (Lipinski definition) is 4. The Kier molecular flexibility index (Phi) is 5.06. The minimum Gasteiger partial charge on any atom is -0.444 e. The van der Waals surface area contributed by atoms with Crippen molar-refractivity contribution in [2.75, 3.05) is 13.1 Å². The number of piperidine rings is 1. The van der Waals surface area contributed by atoms with Crippen LogP contribution in [0.5, 0.6) is 0 Å². The lowest BCUT2D eigenvalue weighted by Crippen LogP contribution is -2.43. The lowest BCUT2D eigenvalue weighted by molar-refractivity contribution is 0.0201. The van der Waals surface area contributed by atoms with Crippen LogP contribution in [-0.2, 0) is 4.74 Å². The summed E-state index contributed by atoms with van der Waals surface area (Å²) in [6, 6.07) is 9.67. The van der Waals surface area contributed by atoms with Crippen LogP contribution in [-0.4, -0.2) is 40.6 Å². The Morgan fingerprint density at radius 3 is 2.32 bits per heavy atom. The second-order valence-corrected chi connectivity index (χ2v) is 6.59. The van der Waals surface area contributed by atoms with Gasteiger partial charge in [-0.1, -0.05) is 35.5 Å². The molecule has 2 rings (SSSR count). The number of carbonyl (C=O) groups is 1. The van der Waals surface area contributed by atoms with Gasteiger partial charge in [-0.3, -0.25) is 0 Å². The van der Waals surface area contributed by atoms with E-state index in [1.165, 1.54) is 0 Å². The highest BCUT2D eigenvalue weighted by molar-refractivity contribution is 6.01. The molecular weight excluding hydrogens is 280 g/mol. The van der Waals surface area contributed by atoms with Gasteiger partial charge >= 0.3 is 6.09 Å². The number of benzene rings is 1. The van der Waals surface area contributed by atoms with Gasteiger partial charge < -0.3 is 14.8 Å². The summed E-state index contributed by atoms with van der Waals surface area (Å²) in [6.45, 7) is 6.83. The Balaban J connectivity index is 1.96. The zero-order chi connectivity index (χ0) is 16.2. The summed E-state index contributed by atoms with van der Waals surface area (Å²) in [5.41, 5.74) is 1.15. The molecule has 5 heteroatoms. The van der Waals surface area contributed by atoms with Gasteiger partial charge in [0.25, 0.3) is 0 Å². The molecule has 120 valence electrons. The largest absolute Gasteiger partial charge is 0.444 e. The quantitative estimate of drug-likeness (QED) is 0.516. The number of ether oxygens (including phenoxy) is 1. The number of likely N-dealkylation sites (tertiary alicyclic amines) is 1. The number of rotatable bonds is 2. The minimum atomic E-state index is -0.477. The van der Waals surface area contributed by atoms with Gasteiger partial charge in [0.15, 0.2) is 0 Å². The lowest BCUT2D eigenvalue weighted by Gasteiger charge is -2.33. The van der Waals surface area contributed by atoms with Gasteiger partial charge in [0.1, 0.15) is 5.60 Å². The second kappa shape index (κ2) is 6.81. The van der Waals surface area contributed by atoms with E-state index in [1.54, 1.807) is 4.90 Å². The molecule has 1 aliphatic heterocycles. The van der Waals surface area contributed by atoms with Crippen molar-refractivity contribution in [1.29, 1.82) is 0 Å². The van der Waals surface area contributed by atoms with Crippen LogP contribution in [0.2, 0.25) is 0 Å². The predicted octanol–water partition coefficient (Wildman–Crippen LogP) is 3.51.